The number of nitrogens with two attached hydrogens (primary N) is 1. The van der Waals surface area contributed by atoms with Crippen molar-refractivity contribution in [1.29, 1.82) is 5.41 Å². The zero-order chi connectivity index (χ0) is 10.4. The van der Waals surface area contributed by atoms with E-state index in [0.29, 0.717) is 0 Å². The Morgan fingerprint density at radius 2 is 1.73 bits per heavy atom. The van der Waals surface area contributed by atoms with Gasteiger partial charge >= 0.3 is 0 Å². The van der Waals surface area contributed by atoms with Crippen LogP contribution in [0.15, 0.2) is 42.7 Å². The van der Waals surface area contributed by atoms with Crippen LogP contribution in [0.1, 0.15) is 6.92 Å². The SMILES string of the molecule is CC(=N)N.[Ru].c1ccc2cnccc2c1. The first kappa shape index (κ1) is 13.7. The van der Waals surface area contributed by atoms with Gasteiger partial charge in [-0.2, -0.15) is 0 Å². The predicted octanol–water partition coefficient (Wildman–Crippen LogP) is 2.17. The van der Waals surface area contributed by atoms with Crippen LogP contribution >= 0.6 is 0 Å². The Kier molecular flexibility index (Phi) is 6.47. The summed E-state index contributed by atoms with van der Waals surface area (Å²) in [6, 6.07) is 10.2. The molecule has 0 saturated heterocycles. The van der Waals surface area contributed by atoms with Crippen molar-refractivity contribution in [2.75, 3.05) is 0 Å². The monoisotopic (exact) mass is 289 g/mol. The normalized spacial score (nSPS) is 8.33. The van der Waals surface area contributed by atoms with E-state index in [1.165, 1.54) is 17.7 Å². The van der Waals surface area contributed by atoms with Crippen LogP contribution in [0.25, 0.3) is 10.8 Å². The summed E-state index contributed by atoms with van der Waals surface area (Å²) in [5.41, 5.74) is 4.69. The van der Waals surface area contributed by atoms with E-state index in [1.807, 2.05) is 30.6 Å². The average Bonchev–Trinajstić information content (AvgIpc) is 2.17. The van der Waals surface area contributed by atoms with Crippen LogP contribution in [0.2, 0.25) is 0 Å². The molecule has 3 N–H and O–H groups in total. The molecule has 0 aliphatic carbocycles. The number of rotatable bonds is 0. The summed E-state index contributed by atoms with van der Waals surface area (Å²) in [7, 11) is 0. The second-order valence-corrected chi connectivity index (χ2v) is 2.91. The molecule has 3 nitrogen and oxygen atoms in total. The summed E-state index contributed by atoms with van der Waals surface area (Å²) in [5, 5.41) is 8.72. The fourth-order valence-electron chi connectivity index (χ4n) is 1.03. The Morgan fingerprint density at radius 1 is 1.20 bits per heavy atom. The first-order valence-electron chi connectivity index (χ1n) is 4.29. The first-order chi connectivity index (χ1) is 6.70. The van der Waals surface area contributed by atoms with Crippen LogP contribution in [0.5, 0.6) is 0 Å². The van der Waals surface area contributed by atoms with Gasteiger partial charge in [-0.3, -0.25) is 10.4 Å². The van der Waals surface area contributed by atoms with Crippen molar-refractivity contribution in [3.63, 3.8) is 0 Å². The molecule has 0 aliphatic heterocycles. The smallest absolute Gasteiger partial charge is 0.0873 e. The molecule has 1 aromatic heterocycles. The Labute approximate surface area is 102 Å². The summed E-state index contributed by atoms with van der Waals surface area (Å²) in [5.74, 6) is 0.167. The molecule has 0 radical (unpaired) electrons. The first-order valence-corrected chi connectivity index (χ1v) is 4.29. The van der Waals surface area contributed by atoms with Crippen molar-refractivity contribution in [3.8, 4) is 0 Å². The molecule has 4 heteroatoms. The van der Waals surface area contributed by atoms with Gasteiger partial charge in [0.2, 0.25) is 0 Å². The molecule has 2 rings (SSSR count). The number of hydrogen-bond donors (Lipinski definition) is 2. The molecule has 15 heavy (non-hydrogen) atoms. The van der Waals surface area contributed by atoms with Gasteiger partial charge < -0.3 is 5.73 Å². The molecule has 1 aromatic carbocycles. The maximum Gasteiger partial charge on any atom is 0.0873 e. The van der Waals surface area contributed by atoms with Crippen LogP contribution < -0.4 is 5.73 Å². The molecule has 2 aromatic rings. The minimum absolute atomic E-state index is 0. The van der Waals surface area contributed by atoms with Gasteiger partial charge in [-0.1, -0.05) is 24.3 Å². The molecule has 80 valence electrons. The van der Waals surface area contributed by atoms with Crippen molar-refractivity contribution in [2.24, 2.45) is 5.73 Å². The average molecular weight is 288 g/mol. The van der Waals surface area contributed by atoms with Crippen molar-refractivity contribution in [1.82, 2.24) is 4.98 Å². The Hall–Kier alpha value is -1.28. The number of amidine groups is 1. The summed E-state index contributed by atoms with van der Waals surface area (Å²) in [6.45, 7) is 1.53. The second-order valence-electron chi connectivity index (χ2n) is 2.91. The van der Waals surface area contributed by atoms with Crippen LogP contribution in [-0.4, -0.2) is 10.8 Å². The summed E-state index contributed by atoms with van der Waals surface area (Å²) < 4.78 is 0. The van der Waals surface area contributed by atoms with E-state index < -0.39 is 0 Å². The standard InChI is InChI=1S/C9H7N.C2H6N2.Ru/c1-2-4-9-7-10-6-5-8(9)3-1;1-2(3)4;/h1-7H;1H3,(H3,3,4);. The van der Waals surface area contributed by atoms with E-state index >= 15 is 0 Å². The zero-order valence-corrected chi connectivity index (χ0v) is 10.2. The molecule has 0 aliphatic rings. The van der Waals surface area contributed by atoms with Crippen molar-refractivity contribution in [2.45, 2.75) is 6.92 Å². The Morgan fingerprint density at radius 3 is 2.27 bits per heavy atom. The van der Waals surface area contributed by atoms with Gasteiger partial charge in [-0.15, -0.1) is 0 Å². The molecule has 0 bridgehead atoms. The van der Waals surface area contributed by atoms with Crippen LogP contribution in [0.3, 0.4) is 0 Å². The van der Waals surface area contributed by atoms with Gasteiger partial charge in [0.25, 0.3) is 0 Å². The number of nitrogens with one attached hydrogen (secondary N) is 1. The molecular formula is C11H13N3Ru. The van der Waals surface area contributed by atoms with Gasteiger partial charge in [-0.05, 0) is 23.8 Å². The van der Waals surface area contributed by atoms with E-state index in [4.69, 9.17) is 11.1 Å². The summed E-state index contributed by atoms with van der Waals surface area (Å²) >= 11 is 0. The van der Waals surface area contributed by atoms with Gasteiger partial charge in [0.05, 0.1) is 5.84 Å². The molecule has 0 amide bonds. The van der Waals surface area contributed by atoms with Crippen molar-refractivity contribution < 1.29 is 19.5 Å². The minimum Gasteiger partial charge on any atom is -0.388 e. The molecule has 0 fully saturated rings. The van der Waals surface area contributed by atoms with Crippen LogP contribution in [-0.2, 0) is 19.5 Å². The van der Waals surface area contributed by atoms with Gasteiger partial charge in [0, 0.05) is 31.9 Å². The molecule has 0 unspecified atom stereocenters. The van der Waals surface area contributed by atoms with Crippen molar-refractivity contribution in [3.05, 3.63) is 42.7 Å². The van der Waals surface area contributed by atoms with Gasteiger partial charge in [-0.25, -0.2) is 0 Å². The van der Waals surface area contributed by atoms with E-state index in [9.17, 15) is 0 Å². The number of nitrogens with zero attached hydrogens (tertiary/aromatic N) is 1. The molecule has 0 atom stereocenters. The third-order valence-electron chi connectivity index (χ3n) is 1.55. The molecule has 0 saturated carbocycles. The van der Waals surface area contributed by atoms with Crippen LogP contribution in [0.4, 0.5) is 0 Å². The third-order valence-corrected chi connectivity index (χ3v) is 1.55. The molecule has 1 heterocycles. The fourth-order valence-corrected chi connectivity index (χ4v) is 1.03. The number of benzene rings is 1. The van der Waals surface area contributed by atoms with E-state index in [-0.39, 0.29) is 25.3 Å². The summed E-state index contributed by atoms with van der Waals surface area (Å²) in [6.07, 6.45) is 3.68. The minimum atomic E-state index is 0. The van der Waals surface area contributed by atoms with E-state index in [0.717, 1.165) is 0 Å². The Balaban J connectivity index is 0.000000346. The predicted molar refractivity (Wildman–Crippen MR) is 59.3 cm³/mol. The zero-order valence-electron chi connectivity index (χ0n) is 8.42. The maximum absolute atomic E-state index is 6.28. The third kappa shape index (κ3) is 5.23. The fraction of sp³-hybridized carbons (Fsp3) is 0.0909. The topological polar surface area (TPSA) is 62.8 Å². The molecular weight excluding hydrogens is 275 g/mol. The Bertz CT molecular complexity index is 359. The quantitative estimate of drug-likeness (QED) is 0.443. The second kappa shape index (κ2) is 7.07. The van der Waals surface area contributed by atoms with Gasteiger partial charge in [0.1, 0.15) is 0 Å². The maximum atomic E-state index is 6.28. The van der Waals surface area contributed by atoms with E-state index in [1.54, 1.807) is 0 Å². The van der Waals surface area contributed by atoms with Crippen LogP contribution in [0, 0.1) is 5.41 Å². The van der Waals surface area contributed by atoms with Gasteiger partial charge in [0.15, 0.2) is 0 Å². The van der Waals surface area contributed by atoms with Crippen molar-refractivity contribution >= 4 is 16.6 Å². The summed E-state index contributed by atoms with van der Waals surface area (Å²) in [4.78, 5) is 4.01. The largest absolute Gasteiger partial charge is 0.388 e. The number of aromatic nitrogens is 1. The number of hydrogen-bond acceptors (Lipinski definition) is 2. The molecule has 0 spiro atoms. The van der Waals surface area contributed by atoms with E-state index in [2.05, 4.69) is 17.1 Å². The number of pyridine rings is 1. The number of fused-ring (bicyclic) bond motifs is 1.